The average molecular weight is 352 g/mol. The standard InChI is InChI=1S/C15H22BrN5/c1-4-6-11-10(2)7-5-8-21(11)15-12-13(16)19-20(3)14(12)17-9-18-15/h9-11H,4-8H2,1-3H3/t10-,11-/m0/s1. The zero-order valence-electron chi connectivity index (χ0n) is 12.9. The van der Waals surface area contributed by atoms with Crippen LogP contribution in [-0.2, 0) is 7.05 Å². The van der Waals surface area contributed by atoms with Crippen molar-refractivity contribution in [3.05, 3.63) is 10.9 Å². The number of rotatable bonds is 3. The van der Waals surface area contributed by atoms with Crippen LogP contribution in [-0.4, -0.2) is 32.3 Å². The predicted octanol–water partition coefficient (Wildman–Crippen LogP) is 3.53. The summed E-state index contributed by atoms with van der Waals surface area (Å²) in [5.41, 5.74) is 0.889. The summed E-state index contributed by atoms with van der Waals surface area (Å²) in [4.78, 5) is 11.5. The average Bonchev–Trinajstić information content (AvgIpc) is 2.77. The zero-order valence-corrected chi connectivity index (χ0v) is 14.5. The van der Waals surface area contributed by atoms with E-state index in [1.807, 2.05) is 11.7 Å². The van der Waals surface area contributed by atoms with E-state index in [1.165, 1.54) is 25.7 Å². The molecule has 0 spiro atoms. The van der Waals surface area contributed by atoms with Crippen molar-refractivity contribution in [2.24, 2.45) is 13.0 Å². The van der Waals surface area contributed by atoms with Crippen LogP contribution in [0.2, 0.25) is 0 Å². The summed E-state index contributed by atoms with van der Waals surface area (Å²) in [6.07, 6.45) is 6.61. The van der Waals surface area contributed by atoms with E-state index in [-0.39, 0.29) is 0 Å². The minimum atomic E-state index is 0.564. The summed E-state index contributed by atoms with van der Waals surface area (Å²) in [5, 5.41) is 5.48. The highest BCUT2D eigenvalue weighted by atomic mass is 79.9. The van der Waals surface area contributed by atoms with Crippen LogP contribution >= 0.6 is 15.9 Å². The number of aromatic nitrogens is 4. The van der Waals surface area contributed by atoms with Crippen molar-refractivity contribution < 1.29 is 0 Å². The van der Waals surface area contributed by atoms with Gasteiger partial charge in [0, 0.05) is 19.6 Å². The zero-order chi connectivity index (χ0) is 15.0. The van der Waals surface area contributed by atoms with Gasteiger partial charge in [-0.2, -0.15) is 5.10 Å². The molecule has 1 saturated heterocycles. The normalized spacial score (nSPS) is 23.0. The summed E-state index contributed by atoms with van der Waals surface area (Å²) < 4.78 is 2.65. The Kier molecular flexibility index (Phi) is 4.15. The van der Waals surface area contributed by atoms with Crippen LogP contribution in [0.5, 0.6) is 0 Å². The van der Waals surface area contributed by atoms with Crippen LogP contribution in [0, 0.1) is 5.92 Å². The van der Waals surface area contributed by atoms with Gasteiger partial charge in [0.05, 0.1) is 5.39 Å². The molecule has 3 heterocycles. The third-order valence-electron chi connectivity index (χ3n) is 4.53. The van der Waals surface area contributed by atoms with E-state index >= 15 is 0 Å². The van der Waals surface area contributed by atoms with Crippen LogP contribution in [0.4, 0.5) is 5.82 Å². The molecule has 0 radical (unpaired) electrons. The molecule has 0 aromatic carbocycles. The number of piperidine rings is 1. The number of aryl methyl sites for hydroxylation is 1. The van der Waals surface area contributed by atoms with Gasteiger partial charge in [0.2, 0.25) is 0 Å². The van der Waals surface area contributed by atoms with Crippen LogP contribution in [0.25, 0.3) is 11.0 Å². The maximum atomic E-state index is 4.60. The quantitative estimate of drug-likeness (QED) is 0.848. The Morgan fingerprint density at radius 1 is 1.38 bits per heavy atom. The second-order valence-corrected chi connectivity index (χ2v) is 6.73. The molecular formula is C15H22BrN5. The number of hydrogen-bond acceptors (Lipinski definition) is 4. The first kappa shape index (κ1) is 14.8. The topological polar surface area (TPSA) is 46.8 Å². The third kappa shape index (κ3) is 2.54. The molecule has 0 saturated carbocycles. The highest BCUT2D eigenvalue weighted by molar-refractivity contribution is 9.10. The van der Waals surface area contributed by atoms with Gasteiger partial charge in [-0.25, -0.2) is 14.6 Å². The van der Waals surface area contributed by atoms with E-state index < -0.39 is 0 Å². The second kappa shape index (κ2) is 5.91. The van der Waals surface area contributed by atoms with E-state index in [9.17, 15) is 0 Å². The molecule has 6 heteroatoms. The van der Waals surface area contributed by atoms with Crippen molar-refractivity contribution >= 4 is 32.8 Å². The Labute approximate surface area is 133 Å². The molecule has 2 atom stereocenters. The molecule has 1 fully saturated rings. The van der Waals surface area contributed by atoms with Crippen molar-refractivity contribution in [2.75, 3.05) is 11.4 Å². The molecule has 5 nitrogen and oxygen atoms in total. The van der Waals surface area contributed by atoms with Crippen molar-refractivity contribution in [1.82, 2.24) is 19.7 Å². The minimum absolute atomic E-state index is 0.564. The molecule has 0 amide bonds. The van der Waals surface area contributed by atoms with Crippen molar-refractivity contribution in [2.45, 2.75) is 45.6 Å². The second-order valence-electron chi connectivity index (χ2n) is 5.98. The Hall–Kier alpha value is -1.17. The summed E-state index contributed by atoms with van der Waals surface area (Å²) in [6, 6.07) is 0.564. The molecule has 0 N–H and O–H groups in total. The molecule has 0 unspecified atom stereocenters. The van der Waals surface area contributed by atoms with E-state index in [0.717, 1.165) is 28.0 Å². The van der Waals surface area contributed by atoms with Crippen molar-refractivity contribution in [3.8, 4) is 0 Å². The summed E-state index contributed by atoms with van der Waals surface area (Å²) in [6.45, 7) is 5.70. The summed E-state index contributed by atoms with van der Waals surface area (Å²) >= 11 is 3.57. The van der Waals surface area contributed by atoms with Crippen molar-refractivity contribution in [1.29, 1.82) is 0 Å². The molecule has 1 aliphatic heterocycles. The predicted molar refractivity (Wildman–Crippen MR) is 88.4 cm³/mol. The van der Waals surface area contributed by atoms with Gasteiger partial charge in [0.1, 0.15) is 16.7 Å². The van der Waals surface area contributed by atoms with E-state index in [4.69, 9.17) is 0 Å². The first-order valence-corrected chi connectivity index (χ1v) is 8.52. The fourth-order valence-corrected chi connectivity index (χ4v) is 4.08. The molecular weight excluding hydrogens is 330 g/mol. The number of fused-ring (bicyclic) bond motifs is 1. The van der Waals surface area contributed by atoms with Crippen molar-refractivity contribution in [3.63, 3.8) is 0 Å². The lowest BCUT2D eigenvalue weighted by molar-refractivity contribution is 0.326. The lowest BCUT2D eigenvalue weighted by Crippen LogP contribution is -2.45. The number of hydrogen-bond donors (Lipinski definition) is 0. The number of anilines is 1. The lowest BCUT2D eigenvalue weighted by atomic mass is 9.88. The molecule has 2 aromatic rings. The SMILES string of the molecule is CCC[C@H]1[C@@H](C)CCCN1c1ncnc2c1c(Br)nn2C. The first-order valence-electron chi connectivity index (χ1n) is 7.73. The summed E-state index contributed by atoms with van der Waals surface area (Å²) in [7, 11) is 1.92. The highest BCUT2D eigenvalue weighted by Gasteiger charge is 2.30. The van der Waals surface area contributed by atoms with Crippen LogP contribution < -0.4 is 4.90 Å². The van der Waals surface area contributed by atoms with Crippen LogP contribution in [0.1, 0.15) is 39.5 Å². The van der Waals surface area contributed by atoms with E-state index in [2.05, 4.69) is 49.7 Å². The molecule has 2 aromatic heterocycles. The Bertz CT molecular complexity index is 638. The fraction of sp³-hybridized carbons (Fsp3) is 0.667. The van der Waals surface area contributed by atoms with E-state index in [1.54, 1.807) is 6.33 Å². The first-order chi connectivity index (χ1) is 10.1. The molecule has 0 bridgehead atoms. The van der Waals surface area contributed by atoms with Gasteiger partial charge in [0.15, 0.2) is 5.65 Å². The van der Waals surface area contributed by atoms with Gasteiger partial charge in [-0.1, -0.05) is 20.3 Å². The Balaban J connectivity index is 2.09. The van der Waals surface area contributed by atoms with Gasteiger partial charge in [-0.15, -0.1) is 0 Å². The number of nitrogens with zero attached hydrogens (tertiary/aromatic N) is 5. The molecule has 21 heavy (non-hydrogen) atoms. The Morgan fingerprint density at radius 3 is 2.95 bits per heavy atom. The van der Waals surface area contributed by atoms with E-state index in [0.29, 0.717) is 12.0 Å². The number of halogens is 1. The summed E-state index contributed by atoms with van der Waals surface area (Å²) in [5.74, 6) is 1.74. The lowest BCUT2D eigenvalue weighted by Gasteiger charge is -2.41. The van der Waals surface area contributed by atoms with Gasteiger partial charge < -0.3 is 4.90 Å². The largest absolute Gasteiger partial charge is 0.353 e. The minimum Gasteiger partial charge on any atom is -0.353 e. The Morgan fingerprint density at radius 2 is 2.19 bits per heavy atom. The molecule has 1 aliphatic rings. The monoisotopic (exact) mass is 351 g/mol. The molecule has 0 aliphatic carbocycles. The maximum Gasteiger partial charge on any atom is 0.164 e. The van der Waals surface area contributed by atoms with Crippen LogP contribution in [0.3, 0.4) is 0 Å². The highest BCUT2D eigenvalue weighted by Crippen LogP contribution is 2.35. The molecule has 3 rings (SSSR count). The van der Waals surface area contributed by atoms with Gasteiger partial charge >= 0.3 is 0 Å². The fourth-order valence-electron chi connectivity index (χ4n) is 3.49. The molecule has 114 valence electrons. The van der Waals surface area contributed by atoms with Crippen LogP contribution in [0.15, 0.2) is 10.9 Å². The third-order valence-corrected chi connectivity index (χ3v) is 5.09. The smallest absolute Gasteiger partial charge is 0.164 e. The maximum absolute atomic E-state index is 4.60. The van der Waals surface area contributed by atoms with Gasteiger partial charge in [-0.3, -0.25) is 0 Å². The van der Waals surface area contributed by atoms with Gasteiger partial charge in [-0.05, 0) is 41.1 Å². The van der Waals surface area contributed by atoms with Gasteiger partial charge in [0.25, 0.3) is 0 Å².